The summed E-state index contributed by atoms with van der Waals surface area (Å²) in [4.78, 5) is 25.7. The zero-order valence-electron chi connectivity index (χ0n) is 17.3. The molecule has 1 aliphatic heterocycles. The first-order valence-corrected chi connectivity index (χ1v) is 11.1. The van der Waals surface area contributed by atoms with Crippen LogP contribution in [0.2, 0.25) is 0 Å². The number of fused-ring (bicyclic) bond motifs is 4. The minimum absolute atomic E-state index is 0.143. The molecule has 31 heavy (non-hydrogen) atoms. The number of nitrogens with one attached hydrogen (secondary N) is 1. The fourth-order valence-corrected chi connectivity index (χ4v) is 4.70. The molecule has 1 N–H and O–H groups in total. The number of amides is 1. The molecule has 9 heteroatoms. The Balaban J connectivity index is 1.39. The molecule has 0 fully saturated rings. The van der Waals surface area contributed by atoms with Gasteiger partial charge in [0.25, 0.3) is 5.56 Å². The van der Waals surface area contributed by atoms with Gasteiger partial charge < -0.3 is 14.8 Å². The minimum atomic E-state index is -0.281. The van der Waals surface area contributed by atoms with Crippen LogP contribution < -0.4 is 20.3 Å². The molecule has 0 bridgehead atoms. The van der Waals surface area contributed by atoms with Gasteiger partial charge in [0.05, 0.1) is 16.3 Å². The summed E-state index contributed by atoms with van der Waals surface area (Å²) in [5.41, 5.74) is 2.14. The molecule has 0 radical (unpaired) electrons. The smallest absolute Gasteiger partial charge is 0.291 e. The Morgan fingerprint density at radius 3 is 2.81 bits per heavy atom. The van der Waals surface area contributed by atoms with Gasteiger partial charge in [0.2, 0.25) is 5.91 Å². The summed E-state index contributed by atoms with van der Waals surface area (Å²) in [5, 5.41) is 9.41. The van der Waals surface area contributed by atoms with E-state index in [0.29, 0.717) is 36.7 Å². The van der Waals surface area contributed by atoms with E-state index in [1.807, 2.05) is 54.0 Å². The topological polar surface area (TPSA) is 86.9 Å². The lowest BCUT2D eigenvalue weighted by Gasteiger charge is -2.21. The molecule has 3 aromatic heterocycles. The van der Waals surface area contributed by atoms with Gasteiger partial charge in [-0.1, -0.05) is 13.0 Å². The first-order chi connectivity index (χ1) is 15.0. The van der Waals surface area contributed by atoms with Crippen molar-refractivity contribution in [2.24, 2.45) is 0 Å². The van der Waals surface area contributed by atoms with E-state index >= 15 is 0 Å². The first-order valence-electron chi connectivity index (χ1n) is 10.2. The predicted molar refractivity (Wildman–Crippen MR) is 118 cm³/mol. The molecule has 0 aliphatic carbocycles. The number of aryl methyl sites for hydroxylation is 1. The number of thiophene rings is 1. The summed E-state index contributed by atoms with van der Waals surface area (Å²) in [6.07, 6.45) is 0.644. The van der Waals surface area contributed by atoms with Crippen LogP contribution in [0.3, 0.4) is 0 Å². The Bertz CT molecular complexity index is 1350. The molecule has 1 amide bonds. The summed E-state index contributed by atoms with van der Waals surface area (Å²) in [7, 11) is 0. The van der Waals surface area contributed by atoms with E-state index in [-0.39, 0.29) is 24.1 Å². The Hall–Kier alpha value is -3.33. The molecular formula is C22H22N4O4S. The van der Waals surface area contributed by atoms with Gasteiger partial charge in [0.15, 0.2) is 11.5 Å². The maximum Gasteiger partial charge on any atom is 0.291 e. The quantitative estimate of drug-likeness (QED) is 0.518. The van der Waals surface area contributed by atoms with Gasteiger partial charge in [0, 0.05) is 6.42 Å². The molecule has 4 aromatic rings. The molecule has 0 saturated carbocycles. The van der Waals surface area contributed by atoms with Crippen molar-refractivity contribution >= 4 is 33.0 Å². The molecule has 1 aromatic carbocycles. The van der Waals surface area contributed by atoms with Crippen LogP contribution in [0.1, 0.15) is 31.3 Å². The number of rotatable bonds is 5. The van der Waals surface area contributed by atoms with E-state index in [9.17, 15) is 9.59 Å². The lowest BCUT2D eigenvalue weighted by Crippen LogP contribution is -2.36. The lowest BCUT2D eigenvalue weighted by atomic mass is 10.1. The van der Waals surface area contributed by atoms with Gasteiger partial charge >= 0.3 is 0 Å². The van der Waals surface area contributed by atoms with Crippen molar-refractivity contribution in [1.29, 1.82) is 0 Å². The lowest BCUT2D eigenvalue weighted by molar-refractivity contribution is -0.122. The van der Waals surface area contributed by atoms with Crippen molar-refractivity contribution in [2.45, 2.75) is 32.9 Å². The van der Waals surface area contributed by atoms with Gasteiger partial charge in [0.1, 0.15) is 31.1 Å². The number of carbonyl (C=O) groups is 1. The van der Waals surface area contributed by atoms with Crippen LogP contribution in [0.15, 0.2) is 40.5 Å². The van der Waals surface area contributed by atoms with Gasteiger partial charge in [-0.05, 0) is 42.1 Å². The van der Waals surface area contributed by atoms with Gasteiger partial charge in [-0.15, -0.1) is 11.3 Å². The van der Waals surface area contributed by atoms with Crippen LogP contribution in [0.25, 0.3) is 15.7 Å². The SMILES string of the molecule is CCc1nn(CC(=O)N[C@H](C)c2ccc3c(c2)OCCO3)c(=O)c2cc3sccc3n12. The summed E-state index contributed by atoms with van der Waals surface area (Å²) in [5.74, 6) is 1.85. The second kappa shape index (κ2) is 7.73. The fourth-order valence-electron chi connectivity index (χ4n) is 3.89. The Labute approximate surface area is 182 Å². The molecule has 8 nitrogen and oxygen atoms in total. The molecule has 4 heterocycles. The summed E-state index contributed by atoms with van der Waals surface area (Å²) in [6, 6.07) is 9.22. The van der Waals surface area contributed by atoms with Crippen LogP contribution in [-0.4, -0.2) is 33.3 Å². The second-order valence-electron chi connectivity index (χ2n) is 7.46. The highest BCUT2D eigenvalue weighted by atomic mass is 32.1. The van der Waals surface area contributed by atoms with Crippen LogP contribution in [0.4, 0.5) is 0 Å². The van der Waals surface area contributed by atoms with E-state index < -0.39 is 0 Å². The van der Waals surface area contributed by atoms with Gasteiger partial charge in [-0.25, -0.2) is 4.68 Å². The number of benzene rings is 1. The number of carbonyl (C=O) groups excluding carboxylic acids is 1. The third-order valence-corrected chi connectivity index (χ3v) is 6.28. The van der Waals surface area contributed by atoms with Crippen molar-refractivity contribution in [1.82, 2.24) is 19.5 Å². The van der Waals surface area contributed by atoms with Crippen LogP contribution in [0.5, 0.6) is 11.5 Å². The molecule has 0 saturated heterocycles. The third kappa shape index (κ3) is 3.44. The number of hydrogen-bond donors (Lipinski definition) is 1. The van der Waals surface area contributed by atoms with E-state index in [1.165, 1.54) is 4.68 Å². The number of nitrogens with zero attached hydrogens (tertiary/aromatic N) is 3. The molecule has 1 atom stereocenters. The van der Waals surface area contributed by atoms with Crippen molar-refractivity contribution < 1.29 is 14.3 Å². The largest absolute Gasteiger partial charge is 0.486 e. The molecule has 1 aliphatic rings. The predicted octanol–water partition coefficient (Wildman–Crippen LogP) is 2.92. The number of ether oxygens (including phenoxy) is 2. The van der Waals surface area contributed by atoms with Gasteiger partial charge in [-0.2, -0.15) is 5.10 Å². The monoisotopic (exact) mass is 438 g/mol. The summed E-state index contributed by atoms with van der Waals surface area (Å²) in [6.45, 7) is 4.77. The molecular weight excluding hydrogens is 416 g/mol. The third-order valence-electron chi connectivity index (χ3n) is 5.42. The number of aromatic nitrogens is 3. The van der Waals surface area contributed by atoms with Crippen molar-refractivity contribution in [3.8, 4) is 11.5 Å². The Morgan fingerprint density at radius 1 is 1.19 bits per heavy atom. The van der Waals surface area contributed by atoms with Crippen LogP contribution in [-0.2, 0) is 17.8 Å². The standard InChI is InChI=1S/C22H22N4O4S/c1-3-20-24-25(22(28)16-11-19-15(26(16)20)6-9-31-19)12-21(27)23-13(2)14-4-5-17-18(10-14)30-8-7-29-17/h4-6,9-11,13H,3,7-8,12H2,1-2H3,(H,23,27)/t13-/m1/s1. The summed E-state index contributed by atoms with van der Waals surface area (Å²) < 4.78 is 15.3. The highest BCUT2D eigenvalue weighted by molar-refractivity contribution is 7.17. The zero-order chi connectivity index (χ0) is 21.5. The number of hydrogen-bond acceptors (Lipinski definition) is 6. The second-order valence-corrected chi connectivity index (χ2v) is 8.41. The maximum atomic E-state index is 13.0. The van der Waals surface area contributed by atoms with Crippen LogP contribution >= 0.6 is 11.3 Å². The highest BCUT2D eigenvalue weighted by Crippen LogP contribution is 2.32. The van der Waals surface area contributed by atoms with Crippen molar-refractivity contribution in [2.75, 3.05) is 13.2 Å². The Morgan fingerprint density at radius 2 is 2.00 bits per heavy atom. The van der Waals surface area contributed by atoms with Crippen molar-refractivity contribution in [3.63, 3.8) is 0 Å². The van der Waals surface area contributed by atoms with Gasteiger partial charge in [-0.3, -0.25) is 14.0 Å². The van der Waals surface area contributed by atoms with Crippen LogP contribution in [0, 0.1) is 0 Å². The average molecular weight is 439 g/mol. The normalized spacial score (nSPS) is 14.1. The van der Waals surface area contributed by atoms with E-state index in [1.54, 1.807) is 11.3 Å². The van der Waals surface area contributed by atoms with Crippen molar-refractivity contribution in [3.05, 3.63) is 57.5 Å². The maximum absolute atomic E-state index is 13.0. The minimum Gasteiger partial charge on any atom is -0.486 e. The van der Waals surface area contributed by atoms with E-state index in [2.05, 4.69) is 10.4 Å². The molecule has 5 rings (SSSR count). The van der Waals surface area contributed by atoms with E-state index in [4.69, 9.17) is 9.47 Å². The molecule has 0 spiro atoms. The fraction of sp³-hybridized carbons (Fsp3) is 0.318. The first kappa shape index (κ1) is 19.6. The average Bonchev–Trinajstić information content (AvgIpc) is 3.37. The summed E-state index contributed by atoms with van der Waals surface area (Å²) >= 11 is 1.58. The molecule has 0 unspecified atom stereocenters. The Kier molecular flexibility index (Phi) is 4.90. The zero-order valence-corrected chi connectivity index (χ0v) is 18.1. The highest BCUT2D eigenvalue weighted by Gasteiger charge is 2.18. The van der Waals surface area contributed by atoms with E-state index in [0.717, 1.165) is 21.6 Å². The molecule has 160 valence electrons.